The molecule has 210 valence electrons. The first-order valence-electron chi connectivity index (χ1n) is 14.9. The number of hydrogen-bond acceptors (Lipinski definition) is 4. The summed E-state index contributed by atoms with van der Waals surface area (Å²) in [6.45, 7) is 9.48. The number of ether oxygens (including phenoxy) is 3. The predicted octanol–water partition coefficient (Wildman–Crippen LogP) is 9.97. The van der Waals surface area contributed by atoms with Crippen molar-refractivity contribution in [3.8, 4) is 22.6 Å². The van der Waals surface area contributed by atoms with Crippen LogP contribution in [0.4, 0.5) is 0 Å². The van der Waals surface area contributed by atoms with Crippen LogP contribution in [-0.2, 0) is 4.74 Å². The smallest absolute Gasteiger partial charge is 0.343 e. The van der Waals surface area contributed by atoms with Crippen molar-refractivity contribution in [2.75, 3.05) is 6.61 Å². The lowest BCUT2D eigenvalue weighted by Gasteiger charge is -2.20. The Kier molecular flexibility index (Phi) is 13.1. The molecular weight excluding hydrogens is 484 g/mol. The molecule has 0 aliphatic rings. The second kappa shape index (κ2) is 16.8. The van der Waals surface area contributed by atoms with Gasteiger partial charge in [0.25, 0.3) is 0 Å². The van der Waals surface area contributed by atoms with Crippen molar-refractivity contribution in [2.24, 2.45) is 0 Å². The van der Waals surface area contributed by atoms with Gasteiger partial charge in [-0.05, 0) is 67.1 Å². The first-order chi connectivity index (χ1) is 19.0. The van der Waals surface area contributed by atoms with Gasteiger partial charge in [-0.15, -0.1) is 0 Å². The molecule has 0 heterocycles. The number of esters is 1. The summed E-state index contributed by atoms with van der Waals surface area (Å²) in [5.41, 5.74) is 3.83. The summed E-state index contributed by atoms with van der Waals surface area (Å²) in [5, 5.41) is 0. The van der Waals surface area contributed by atoms with E-state index in [2.05, 4.69) is 52.0 Å². The van der Waals surface area contributed by atoms with Gasteiger partial charge in [0.15, 0.2) is 11.5 Å². The molecule has 3 aromatic carbocycles. The van der Waals surface area contributed by atoms with E-state index < -0.39 is 5.97 Å². The van der Waals surface area contributed by atoms with Crippen LogP contribution in [0, 0.1) is 0 Å². The Bertz CT molecular complexity index is 1100. The van der Waals surface area contributed by atoms with Gasteiger partial charge in [-0.3, -0.25) is 0 Å². The maximum absolute atomic E-state index is 13.0. The van der Waals surface area contributed by atoms with Crippen LogP contribution in [0.25, 0.3) is 11.1 Å². The Morgan fingerprint density at radius 1 is 0.692 bits per heavy atom. The first-order valence-corrected chi connectivity index (χ1v) is 14.9. The molecular formula is C35H46O4. The van der Waals surface area contributed by atoms with E-state index in [9.17, 15) is 4.79 Å². The molecule has 0 saturated heterocycles. The van der Waals surface area contributed by atoms with Gasteiger partial charge < -0.3 is 14.2 Å². The summed E-state index contributed by atoms with van der Waals surface area (Å²) in [5.74, 6) is 0.691. The lowest BCUT2D eigenvalue weighted by Crippen LogP contribution is -2.17. The highest BCUT2D eigenvalue weighted by Crippen LogP contribution is 2.30. The topological polar surface area (TPSA) is 44.8 Å². The molecule has 0 bridgehead atoms. The van der Waals surface area contributed by atoms with Crippen LogP contribution in [0.2, 0.25) is 0 Å². The molecule has 4 heteroatoms. The number of benzene rings is 3. The zero-order chi connectivity index (χ0) is 27.9. The molecule has 0 aliphatic carbocycles. The summed E-state index contributed by atoms with van der Waals surface area (Å²) >= 11 is 0. The second-order valence-electron chi connectivity index (χ2n) is 10.3. The predicted molar refractivity (Wildman–Crippen MR) is 161 cm³/mol. The van der Waals surface area contributed by atoms with Crippen molar-refractivity contribution in [2.45, 2.75) is 97.7 Å². The van der Waals surface area contributed by atoms with Crippen molar-refractivity contribution >= 4 is 5.97 Å². The van der Waals surface area contributed by atoms with Crippen LogP contribution in [0.1, 0.15) is 108 Å². The SMILES string of the molecule is CCCCCCOC(C)c1ccc(-c2ccc(C(=O)Oc3ccccc3OC(CCC)CCCC)cc2)cc1. The minimum Gasteiger partial charge on any atom is -0.487 e. The van der Waals surface area contributed by atoms with Crippen molar-refractivity contribution < 1.29 is 19.0 Å². The minimum absolute atomic E-state index is 0.0774. The quantitative estimate of drug-likeness (QED) is 0.0989. The fourth-order valence-corrected chi connectivity index (χ4v) is 4.62. The van der Waals surface area contributed by atoms with Crippen LogP contribution >= 0.6 is 0 Å². The zero-order valence-electron chi connectivity index (χ0n) is 24.3. The van der Waals surface area contributed by atoms with E-state index >= 15 is 0 Å². The van der Waals surface area contributed by atoms with E-state index in [-0.39, 0.29) is 12.2 Å². The van der Waals surface area contributed by atoms with Crippen LogP contribution in [0.3, 0.4) is 0 Å². The normalized spacial score (nSPS) is 12.6. The minimum atomic E-state index is -0.390. The fourth-order valence-electron chi connectivity index (χ4n) is 4.62. The Morgan fingerprint density at radius 3 is 1.97 bits per heavy atom. The molecule has 0 fully saturated rings. The number of carbonyl (C=O) groups excluding carboxylic acids is 1. The van der Waals surface area contributed by atoms with Gasteiger partial charge in [0.1, 0.15) is 0 Å². The molecule has 0 N–H and O–H groups in total. The van der Waals surface area contributed by atoms with Crippen molar-refractivity contribution in [1.82, 2.24) is 0 Å². The van der Waals surface area contributed by atoms with Crippen molar-refractivity contribution in [3.63, 3.8) is 0 Å². The molecule has 0 saturated carbocycles. The Hall–Kier alpha value is -3.11. The maximum atomic E-state index is 13.0. The monoisotopic (exact) mass is 530 g/mol. The van der Waals surface area contributed by atoms with Gasteiger partial charge in [-0.25, -0.2) is 4.79 Å². The number of para-hydroxylation sites is 2. The Morgan fingerprint density at radius 2 is 1.33 bits per heavy atom. The highest BCUT2D eigenvalue weighted by Gasteiger charge is 2.16. The standard InChI is InChI=1S/C35H46O4/c1-5-8-10-13-26-37-27(4)28-18-20-29(21-19-28)30-22-24-31(25-23-30)35(36)39-34-17-12-11-16-33(34)38-32(14-7-3)15-9-6-2/h11-12,16-25,27,32H,5-10,13-15,26H2,1-4H3. The summed E-state index contributed by atoms with van der Waals surface area (Å²) < 4.78 is 18.1. The molecule has 0 amide bonds. The molecule has 0 radical (unpaired) electrons. The number of hydrogen-bond donors (Lipinski definition) is 0. The van der Waals surface area contributed by atoms with Gasteiger partial charge in [-0.2, -0.15) is 0 Å². The Labute approximate surface area is 235 Å². The summed E-state index contributed by atoms with van der Waals surface area (Å²) in [4.78, 5) is 13.0. The van der Waals surface area contributed by atoms with E-state index in [1.807, 2.05) is 42.5 Å². The molecule has 3 aromatic rings. The van der Waals surface area contributed by atoms with E-state index in [0.717, 1.165) is 56.3 Å². The third-order valence-corrected chi connectivity index (χ3v) is 7.04. The molecule has 2 unspecified atom stereocenters. The average Bonchev–Trinajstić information content (AvgIpc) is 2.97. The van der Waals surface area contributed by atoms with Gasteiger partial charge in [0.2, 0.25) is 0 Å². The molecule has 4 nitrogen and oxygen atoms in total. The lowest BCUT2D eigenvalue weighted by atomic mass is 10.0. The summed E-state index contributed by atoms with van der Waals surface area (Å²) in [6.07, 6.45) is 10.3. The molecule has 0 aromatic heterocycles. The largest absolute Gasteiger partial charge is 0.487 e. The highest BCUT2D eigenvalue weighted by atomic mass is 16.6. The van der Waals surface area contributed by atoms with Crippen LogP contribution in [-0.4, -0.2) is 18.7 Å². The molecule has 0 spiro atoms. The third kappa shape index (κ3) is 9.85. The molecule has 39 heavy (non-hydrogen) atoms. The molecule has 0 aliphatic heterocycles. The van der Waals surface area contributed by atoms with E-state index in [4.69, 9.17) is 14.2 Å². The van der Waals surface area contributed by atoms with E-state index in [1.54, 1.807) is 6.07 Å². The van der Waals surface area contributed by atoms with Crippen LogP contribution < -0.4 is 9.47 Å². The number of unbranched alkanes of at least 4 members (excludes halogenated alkanes) is 4. The van der Waals surface area contributed by atoms with Crippen LogP contribution in [0.5, 0.6) is 11.5 Å². The van der Waals surface area contributed by atoms with Gasteiger partial charge >= 0.3 is 5.97 Å². The summed E-state index contributed by atoms with van der Waals surface area (Å²) in [6, 6.07) is 23.5. The highest BCUT2D eigenvalue weighted by molar-refractivity contribution is 5.92. The third-order valence-electron chi connectivity index (χ3n) is 7.04. The van der Waals surface area contributed by atoms with E-state index in [0.29, 0.717) is 17.1 Å². The first kappa shape index (κ1) is 30.4. The van der Waals surface area contributed by atoms with Crippen molar-refractivity contribution in [1.29, 1.82) is 0 Å². The Balaban J connectivity index is 1.60. The van der Waals surface area contributed by atoms with Crippen LogP contribution in [0.15, 0.2) is 72.8 Å². The van der Waals surface area contributed by atoms with Crippen molar-refractivity contribution in [3.05, 3.63) is 83.9 Å². The molecule has 2 atom stereocenters. The zero-order valence-corrected chi connectivity index (χ0v) is 24.3. The molecule has 3 rings (SSSR count). The number of carbonyl (C=O) groups is 1. The van der Waals surface area contributed by atoms with Gasteiger partial charge in [0.05, 0.1) is 17.8 Å². The number of rotatable bonds is 17. The lowest BCUT2D eigenvalue weighted by molar-refractivity contribution is 0.0628. The summed E-state index contributed by atoms with van der Waals surface area (Å²) in [7, 11) is 0. The van der Waals surface area contributed by atoms with Gasteiger partial charge in [-0.1, -0.05) is 108 Å². The maximum Gasteiger partial charge on any atom is 0.343 e. The van der Waals surface area contributed by atoms with E-state index in [1.165, 1.54) is 24.8 Å². The van der Waals surface area contributed by atoms with Gasteiger partial charge in [0, 0.05) is 6.61 Å². The second-order valence-corrected chi connectivity index (χ2v) is 10.3. The fraction of sp³-hybridized carbons (Fsp3) is 0.457. The average molecular weight is 531 g/mol.